The van der Waals surface area contributed by atoms with Gasteiger partial charge in [-0.05, 0) is 25.5 Å². The zero-order valence-electron chi connectivity index (χ0n) is 8.20. The molecule has 0 bridgehead atoms. The molecule has 0 radical (unpaired) electrons. The van der Waals surface area contributed by atoms with Crippen molar-refractivity contribution < 1.29 is 9.47 Å². The van der Waals surface area contributed by atoms with Crippen LogP contribution >= 0.6 is 11.8 Å². The van der Waals surface area contributed by atoms with E-state index in [1.165, 1.54) is 0 Å². The molecule has 78 valence electrons. The molecule has 2 atom stereocenters. The third kappa shape index (κ3) is 5.52. The van der Waals surface area contributed by atoms with Gasteiger partial charge in [-0.3, -0.25) is 0 Å². The highest BCUT2D eigenvalue weighted by atomic mass is 32.2. The largest absolute Gasteiger partial charge is 0.355 e. The molecule has 1 aliphatic rings. The van der Waals surface area contributed by atoms with Gasteiger partial charge in [-0.15, -0.1) is 0 Å². The average Bonchev–Trinajstić information content (AvgIpc) is 2.14. The van der Waals surface area contributed by atoms with E-state index in [2.05, 4.69) is 0 Å². The number of hydrogen-bond acceptors (Lipinski definition) is 4. The molecule has 1 aliphatic heterocycles. The van der Waals surface area contributed by atoms with Gasteiger partial charge in [0.1, 0.15) is 6.79 Å². The Balaban J connectivity index is 1.92. The van der Waals surface area contributed by atoms with E-state index in [1.54, 1.807) is 0 Å². The molecular formula is C9H19NO2S. The third-order valence-electron chi connectivity index (χ3n) is 1.99. The summed E-state index contributed by atoms with van der Waals surface area (Å²) in [5, 5.41) is 0. The molecule has 0 saturated carbocycles. The molecular weight excluding hydrogens is 186 g/mol. The van der Waals surface area contributed by atoms with E-state index in [0.29, 0.717) is 18.9 Å². The molecule has 13 heavy (non-hydrogen) atoms. The summed E-state index contributed by atoms with van der Waals surface area (Å²) in [6.07, 6.45) is 2.52. The fraction of sp³-hybridized carbons (Fsp3) is 1.00. The Morgan fingerprint density at radius 3 is 3.08 bits per heavy atom. The minimum Gasteiger partial charge on any atom is -0.355 e. The maximum Gasteiger partial charge on any atom is 0.147 e. The molecule has 4 heteroatoms. The number of rotatable bonds is 5. The smallest absolute Gasteiger partial charge is 0.147 e. The summed E-state index contributed by atoms with van der Waals surface area (Å²) in [6, 6.07) is 0.322. The summed E-state index contributed by atoms with van der Waals surface area (Å²) in [5.74, 6) is 2.22. The van der Waals surface area contributed by atoms with Gasteiger partial charge in [0.15, 0.2) is 0 Å². The molecule has 0 aromatic heterocycles. The molecule has 0 amide bonds. The SMILES string of the molecule is CC(N)CCSCC1CCOCO1. The third-order valence-corrected chi connectivity index (χ3v) is 3.12. The summed E-state index contributed by atoms with van der Waals surface area (Å²) in [7, 11) is 0. The minimum atomic E-state index is 0.322. The summed E-state index contributed by atoms with van der Waals surface area (Å²) < 4.78 is 10.5. The number of nitrogens with two attached hydrogens (primary N) is 1. The monoisotopic (exact) mass is 205 g/mol. The molecule has 1 saturated heterocycles. The zero-order chi connectivity index (χ0) is 9.52. The molecule has 0 spiro atoms. The van der Waals surface area contributed by atoms with E-state index in [9.17, 15) is 0 Å². The van der Waals surface area contributed by atoms with Gasteiger partial charge in [0.05, 0.1) is 12.7 Å². The summed E-state index contributed by atoms with van der Waals surface area (Å²) in [5.41, 5.74) is 5.65. The Bertz CT molecular complexity index is 127. The lowest BCUT2D eigenvalue weighted by Gasteiger charge is -2.22. The van der Waals surface area contributed by atoms with Gasteiger partial charge in [-0.1, -0.05) is 0 Å². The molecule has 2 N–H and O–H groups in total. The van der Waals surface area contributed by atoms with Gasteiger partial charge in [0.2, 0.25) is 0 Å². The number of thioether (sulfide) groups is 1. The van der Waals surface area contributed by atoms with Crippen molar-refractivity contribution in [2.75, 3.05) is 24.9 Å². The highest BCUT2D eigenvalue weighted by molar-refractivity contribution is 7.99. The van der Waals surface area contributed by atoms with Crippen LogP contribution in [0, 0.1) is 0 Å². The second kappa shape index (κ2) is 6.65. The van der Waals surface area contributed by atoms with Crippen molar-refractivity contribution in [3.63, 3.8) is 0 Å². The van der Waals surface area contributed by atoms with Gasteiger partial charge in [0.25, 0.3) is 0 Å². The predicted molar refractivity (Wildman–Crippen MR) is 55.9 cm³/mol. The van der Waals surface area contributed by atoms with Crippen molar-refractivity contribution in [2.24, 2.45) is 5.73 Å². The molecule has 0 aliphatic carbocycles. The molecule has 1 fully saturated rings. The van der Waals surface area contributed by atoms with Crippen molar-refractivity contribution in [2.45, 2.75) is 31.9 Å². The van der Waals surface area contributed by atoms with E-state index >= 15 is 0 Å². The van der Waals surface area contributed by atoms with Crippen LogP contribution < -0.4 is 5.73 Å². The van der Waals surface area contributed by atoms with Crippen LogP contribution in [0.1, 0.15) is 19.8 Å². The van der Waals surface area contributed by atoms with Crippen molar-refractivity contribution in [3.05, 3.63) is 0 Å². The van der Waals surface area contributed by atoms with Crippen LogP contribution in [0.3, 0.4) is 0 Å². The first kappa shape index (κ1) is 11.3. The van der Waals surface area contributed by atoms with Gasteiger partial charge in [-0.2, -0.15) is 11.8 Å². The zero-order valence-corrected chi connectivity index (χ0v) is 9.02. The van der Waals surface area contributed by atoms with Crippen LogP contribution in [0.2, 0.25) is 0 Å². The molecule has 1 heterocycles. The van der Waals surface area contributed by atoms with Crippen molar-refractivity contribution in [1.82, 2.24) is 0 Å². The lowest BCUT2D eigenvalue weighted by molar-refractivity contribution is -0.130. The molecule has 1 rings (SSSR count). The second-order valence-corrected chi connectivity index (χ2v) is 4.59. The Labute approximate surface area is 84.3 Å². The molecule has 2 unspecified atom stereocenters. The quantitative estimate of drug-likeness (QED) is 0.685. The molecule has 0 aromatic carbocycles. The Hall–Kier alpha value is 0.230. The maximum atomic E-state index is 5.65. The highest BCUT2D eigenvalue weighted by Gasteiger charge is 2.13. The Morgan fingerprint density at radius 1 is 1.62 bits per heavy atom. The van der Waals surface area contributed by atoms with Crippen molar-refractivity contribution in [3.8, 4) is 0 Å². The summed E-state index contributed by atoms with van der Waals surface area (Å²) in [4.78, 5) is 0. The highest BCUT2D eigenvalue weighted by Crippen LogP contribution is 2.13. The van der Waals surface area contributed by atoms with Gasteiger partial charge >= 0.3 is 0 Å². The lowest BCUT2D eigenvalue weighted by Crippen LogP contribution is -2.26. The van der Waals surface area contributed by atoms with Gasteiger partial charge < -0.3 is 15.2 Å². The van der Waals surface area contributed by atoms with Crippen molar-refractivity contribution in [1.29, 1.82) is 0 Å². The van der Waals surface area contributed by atoms with Crippen LogP contribution in [0.25, 0.3) is 0 Å². The lowest BCUT2D eigenvalue weighted by atomic mass is 10.3. The number of ether oxygens (including phenoxy) is 2. The Morgan fingerprint density at radius 2 is 2.46 bits per heavy atom. The topological polar surface area (TPSA) is 44.5 Å². The fourth-order valence-corrected chi connectivity index (χ4v) is 2.35. The van der Waals surface area contributed by atoms with Crippen LogP contribution in [-0.2, 0) is 9.47 Å². The van der Waals surface area contributed by atoms with Crippen LogP contribution in [0.5, 0.6) is 0 Å². The molecule has 3 nitrogen and oxygen atoms in total. The van der Waals surface area contributed by atoms with Crippen molar-refractivity contribution >= 4 is 11.8 Å². The van der Waals surface area contributed by atoms with E-state index < -0.39 is 0 Å². The predicted octanol–water partition coefficient (Wildman–Crippen LogP) is 1.22. The van der Waals surface area contributed by atoms with E-state index in [1.807, 2.05) is 18.7 Å². The summed E-state index contributed by atoms with van der Waals surface area (Å²) in [6.45, 7) is 3.36. The maximum absolute atomic E-state index is 5.65. The van der Waals surface area contributed by atoms with E-state index in [4.69, 9.17) is 15.2 Å². The van der Waals surface area contributed by atoms with Gasteiger partial charge in [-0.25, -0.2) is 0 Å². The molecule has 0 aromatic rings. The van der Waals surface area contributed by atoms with Crippen LogP contribution in [-0.4, -0.2) is 37.1 Å². The first-order valence-corrected chi connectivity index (χ1v) is 5.97. The Kier molecular flexibility index (Phi) is 5.78. The first-order valence-electron chi connectivity index (χ1n) is 4.81. The van der Waals surface area contributed by atoms with Gasteiger partial charge in [0, 0.05) is 11.8 Å². The van der Waals surface area contributed by atoms with Crippen LogP contribution in [0.4, 0.5) is 0 Å². The number of hydrogen-bond donors (Lipinski definition) is 1. The van der Waals surface area contributed by atoms with E-state index in [-0.39, 0.29) is 0 Å². The van der Waals surface area contributed by atoms with E-state index in [0.717, 1.165) is 31.0 Å². The average molecular weight is 205 g/mol. The second-order valence-electron chi connectivity index (χ2n) is 3.44. The normalized spacial score (nSPS) is 25.8. The minimum absolute atomic E-state index is 0.322. The first-order chi connectivity index (χ1) is 6.29. The summed E-state index contributed by atoms with van der Waals surface area (Å²) >= 11 is 1.93. The standard InChI is InChI=1S/C9H19NO2S/c1-8(10)3-5-13-6-9-2-4-11-7-12-9/h8-9H,2-7,10H2,1H3. The fourth-order valence-electron chi connectivity index (χ4n) is 1.12. The van der Waals surface area contributed by atoms with Crippen LogP contribution in [0.15, 0.2) is 0 Å².